The SMILES string of the molecule is CCCCCCCCCCCCC(C)c1cccc2ccccc12. The van der Waals surface area contributed by atoms with Gasteiger partial charge >= 0.3 is 0 Å². The fourth-order valence-electron chi connectivity index (χ4n) is 3.77. The van der Waals surface area contributed by atoms with Gasteiger partial charge in [-0.3, -0.25) is 0 Å². The first-order chi connectivity index (χ1) is 11.8. The molecule has 2 rings (SSSR count). The van der Waals surface area contributed by atoms with Gasteiger partial charge in [0.05, 0.1) is 0 Å². The second-order valence-electron chi connectivity index (χ2n) is 7.44. The zero-order valence-electron chi connectivity index (χ0n) is 15.9. The Morgan fingerprint density at radius 1 is 0.667 bits per heavy atom. The fourth-order valence-corrected chi connectivity index (χ4v) is 3.77. The average Bonchev–Trinajstić information content (AvgIpc) is 2.62. The van der Waals surface area contributed by atoms with Crippen LogP contribution < -0.4 is 0 Å². The van der Waals surface area contributed by atoms with E-state index in [4.69, 9.17) is 0 Å². The summed E-state index contributed by atoms with van der Waals surface area (Å²) in [5.41, 5.74) is 1.53. The van der Waals surface area contributed by atoms with E-state index >= 15 is 0 Å². The summed E-state index contributed by atoms with van der Waals surface area (Å²) in [5, 5.41) is 2.82. The third kappa shape index (κ3) is 6.30. The van der Waals surface area contributed by atoms with Gasteiger partial charge in [0.25, 0.3) is 0 Å². The van der Waals surface area contributed by atoms with Crippen LogP contribution in [0.1, 0.15) is 96.0 Å². The Morgan fingerprint density at radius 3 is 1.96 bits per heavy atom. The molecule has 2 aromatic carbocycles. The maximum absolute atomic E-state index is 2.40. The number of rotatable bonds is 12. The van der Waals surface area contributed by atoms with E-state index in [9.17, 15) is 0 Å². The zero-order valence-corrected chi connectivity index (χ0v) is 15.9. The molecule has 0 aliphatic carbocycles. The Bertz CT molecular complexity index is 564. The molecule has 0 aliphatic heterocycles. The standard InChI is InChI=1S/C24H36/c1-3-4-5-6-7-8-9-10-11-12-16-21(2)23-20-15-18-22-17-13-14-19-24(22)23/h13-15,17-21H,3-12,16H2,1-2H3. The first kappa shape index (κ1) is 19.0. The van der Waals surface area contributed by atoms with Crippen molar-refractivity contribution in [2.45, 2.75) is 90.4 Å². The van der Waals surface area contributed by atoms with Crippen LogP contribution in [0.5, 0.6) is 0 Å². The smallest absolute Gasteiger partial charge is 0.0149 e. The molecule has 0 nitrogen and oxygen atoms in total. The van der Waals surface area contributed by atoms with Crippen molar-refractivity contribution < 1.29 is 0 Å². The minimum absolute atomic E-state index is 0.671. The quantitative estimate of drug-likeness (QED) is 0.345. The molecule has 24 heavy (non-hydrogen) atoms. The average molecular weight is 325 g/mol. The maximum atomic E-state index is 2.40. The topological polar surface area (TPSA) is 0 Å². The van der Waals surface area contributed by atoms with Crippen LogP contribution in [0.3, 0.4) is 0 Å². The monoisotopic (exact) mass is 324 g/mol. The maximum Gasteiger partial charge on any atom is -0.0149 e. The van der Waals surface area contributed by atoms with E-state index in [1.54, 1.807) is 0 Å². The molecule has 0 saturated heterocycles. The lowest BCUT2D eigenvalue weighted by molar-refractivity contribution is 0.535. The summed E-state index contributed by atoms with van der Waals surface area (Å²) in [6.07, 6.45) is 15.5. The largest absolute Gasteiger partial charge is 0.0654 e. The van der Waals surface area contributed by atoms with Gasteiger partial charge < -0.3 is 0 Å². The van der Waals surface area contributed by atoms with Crippen molar-refractivity contribution >= 4 is 10.8 Å². The number of fused-ring (bicyclic) bond motifs is 1. The van der Waals surface area contributed by atoms with Crippen LogP contribution in [0, 0.1) is 0 Å². The second-order valence-corrected chi connectivity index (χ2v) is 7.44. The summed E-state index contributed by atoms with van der Waals surface area (Å²) >= 11 is 0. The number of benzene rings is 2. The van der Waals surface area contributed by atoms with E-state index in [-0.39, 0.29) is 0 Å². The number of hydrogen-bond donors (Lipinski definition) is 0. The summed E-state index contributed by atoms with van der Waals surface area (Å²) in [5.74, 6) is 0.671. The predicted octanol–water partition coefficient (Wildman–Crippen LogP) is 8.25. The molecule has 0 aliphatic rings. The highest BCUT2D eigenvalue weighted by atomic mass is 14.1. The predicted molar refractivity (Wildman–Crippen MR) is 109 cm³/mol. The summed E-state index contributed by atoms with van der Waals surface area (Å²) < 4.78 is 0. The molecule has 0 heteroatoms. The van der Waals surface area contributed by atoms with Gasteiger partial charge in [-0.1, -0.05) is 121 Å². The van der Waals surface area contributed by atoms with Crippen LogP contribution in [0.25, 0.3) is 10.8 Å². The van der Waals surface area contributed by atoms with Crippen molar-refractivity contribution in [2.75, 3.05) is 0 Å². The summed E-state index contributed by atoms with van der Waals surface area (Å²) in [7, 11) is 0. The van der Waals surface area contributed by atoms with Gasteiger partial charge in [0.15, 0.2) is 0 Å². The fraction of sp³-hybridized carbons (Fsp3) is 0.583. The molecule has 1 atom stereocenters. The molecule has 0 fully saturated rings. The van der Waals surface area contributed by atoms with Crippen molar-refractivity contribution in [3.05, 3.63) is 48.0 Å². The van der Waals surface area contributed by atoms with E-state index in [2.05, 4.69) is 56.3 Å². The van der Waals surface area contributed by atoms with Crippen molar-refractivity contribution in [1.82, 2.24) is 0 Å². The van der Waals surface area contributed by atoms with Crippen LogP contribution >= 0.6 is 0 Å². The second kappa shape index (κ2) is 11.3. The minimum Gasteiger partial charge on any atom is -0.0654 e. The van der Waals surface area contributed by atoms with E-state index in [0.29, 0.717) is 5.92 Å². The molecule has 1 unspecified atom stereocenters. The molecule has 0 N–H and O–H groups in total. The lowest BCUT2D eigenvalue weighted by Gasteiger charge is -2.14. The molecule has 2 aromatic rings. The van der Waals surface area contributed by atoms with E-state index in [1.807, 2.05) is 0 Å². The van der Waals surface area contributed by atoms with Crippen molar-refractivity contribution in [1.29, 1.82) is 0 Å². The minimum atomic E-state index is 0.671. The Labute approximate surface area is 149 Å². The Morgan fingerprint density at radius 2 is 1.25 bits per heavy atom. The third-order valence-electron chi connectivity index (χ3n) is 5.34. The normalized spacial score (nSPS) is 12.6. The highest BCUT2D eigenvalue weighted by molar-refractivity contribution is 5.86. The van der Waals surface area contributed by atoms with Crippen LogP contribution in [-0.4, -0.2) is 0 Å². The molecule has 0 spiro atoms. The Kier molecular flexibility index (Phi) is 8.95. The van der Waals surface area contributed by atoms with Gasteiger partial charge in [0.1, 0.15) is 0 Å². The molecule has 0 bridgehead atoms. The molecular weight excluding hydrogens is 288 g/mol. The van der Waals surface area contributed by atoms with Crippen LogP contribution in [-0.2, 0) is 0 Å². The first-order valence-electron chi connectivity index (χ1n) is 10.3. The van der Waals surface area contributed by atoms with Crippen molar-refractivity contribution in [3.63, 3.8) is 0 Å². The Hall–Kier alpha value is -1.30. The van der Waals surface area contributed by atoms with Crippen LogP contribution in [0.4, 0.5) is 0 Å². The third-order valence-corrected chi connectivity index (χ3v) is 5.34. The number of unbranched alkanes of at least 4 members (excludes halogenated alkanes) is 9. The molecule has 0 saturated carbocycles. The first-order valence-corrected chi connectivity index (χ1v) is 10.3. The van der Waals surface area contributed by atoms with E-state index in [0.717, 1.165) is 0 Å². The Balaban J connectivity index is 1.62. The molecule has 0 aromatic heterocycles. The highest BCUT2D eigenvalue weighted by Gasteiger charge is 2.08. The summed E-state index contributed by atoms with van der Waals surface area (Å²) in [4.78, 5) is 0. The molecule has 0 heterocycles. The molecule has 0 radical (unpaired) electrons. The van der Waals surface area contributed by atoms with Gasteiger partial charge in [-0.05, 0) is 28.7 Å². The zero-order chi connectivity index (χ0) is 17.0. The lowest BCUT2D eigenvalue weighted by Crippen LogP contribution is -1.95. The van der Waals surface area contributed by atoms with E-state index < -0.39 is 0 Å². The van der Waals surface area contributed by atoms with Gasteiger partial charge in [-0.15, -0.1) is 0 Å². The van der Waals surface area contributed by atoms with Gasteiger partial charge in [-0.25, -0.2) is 0 Å². The molecular formula is C24H36. The number of hydrogen-bond acceptors (Lipinski definition) is 0. The van der Waals surface area contributed by atoms with E-state index in [1.165, 1.54) is 87.0 Å². The molecule has 132 valence electrons. The van der Waals surface area contributed by atoms with Crippen molar-refractivity contribution in [2.24, 2.45) is 0 Å². The van der Waals surface area contributed by atoms with Gasteiger partial charge in [0.2, 0.25) is 0 Å². The summed E-state index contributed by atoms with van der Waals surface area (Å²) in [6.45, 7) is 4.69. The highest BCUT2D eigenvalue weighted by Crippen LogP contribution is 2.29. The van der Waals surface area contributed by atoms with Crippen molar-refractivity contribution in [3.8, 4) is 0 Å². The van der Waals surface area contributed by atoms with Gasteiger partial charge in [-0.2, -0.15) is 0 Å². The van der Waals surface area contributed by atoms with Crippen LogP contribution in [0.15, 0.2) is 42.5 Å². The lowest BCUT2D eigenvalue weighted by atomic mass is 9.90. The summed E-state index contributed by atoms with van der Waals surface area (Å²) in [6, 6.07) is 15.6. The molecule has 0 amide bonds. The van der Waals surface area contributed by atoms with Crippen LogP contribution in [0.2, 0.25) is 0 Å². The van der Waals surface area contributed by atoms with Gasteiger partial charge in [0, 0.05) is 0 Å².